The average Bonchev–Trinajstić information content (AvgIpc) is 3.01. The second-order valence-corrected chi connectivity index (χ2v) is 6.71. The summed E-state index contributed by atoms with van der Waals surface area (Å²) >= 11 is 1.41. The van der Waals surface area contributed by atoms with Crippen molar-refractivity contribution in [3.05, 3.63) is 52.6 Å². The Morgan fingerprint density at radius 2 is 2.20 bits per heavy atom. The molecule has 1 N–H and O–H groups in total. The van der Waals surface area contributed by atoms with Crippen molar-refractivity contribution in [2.75, 3.05) is 6.79 Å². The quantitative estimate of drug-likeness (QED) is 0.707. The molecule has 1 aliphatic heterocycles. The lowest BCUT2D eigenvalue weighted by Gasteiger charge is -2.21. The molecule has 0 aliphatic carbocycles. The number of fused-ring (bicyclic) bond motifs is 2. The molecule has 0 radical (unpaired) electrons. The predicted octanol–water partition coefficient (Wildman–Crippen LogP) is 3.99. The minimum atomic E-state index is -0.975. The highest BCUT2D eigenvalue weighted by Gasteiger charge is 2.19. The van der Waals surface area contributed by atoms with Crippen molar-refractivity contribution in [3.8, 4) is 5.75 Å². The van der Waals surface area contributed by atoms with Crippen LogP contribution in [-0.2, 0) is 17.1 Å². The van der Waals surface area contributed by atoms with Gasteiger partial charge in [-0.25, -0.2) is 9.78 Å². The summed E-state index contributed by atoms with van der Waals surface area (Å²) in [6, 6.07) is 9.06. The number of carboxylic acids is 1. The zero-order chi connectivity index (χ0) is 17.4. The minimum Gasteiger partial charge on any atom is -0.478 e. The first-order chi connectivity index (χ1) is 12.1. The molecular weight excluding hydrogens is 342 g/mol. The van der Waals surface area contributed by atoms with Crippen LogP contribution < -0.4 is 4.74 Å². The number of hydrogen-bond donors (Lipinski definition) is 1. The summed E-state index contributed by atoms with van der Waals surface area (Å²) in [4.78, 5) is 15.8. The van der Waals surface area contributed by atoms with Crippen molar-refractivity contribution in [1.29, 1.82) is 0 Å². The van der Waals surface area contributed by atoms with Crippen LogP contribution in [0.1, 0.15) is 27.0 Å². The molecule has 2 heterocycles. The van der Waals surface area contributed by atoms with Gasteiger partial charge in [0.25, 0.3) is 5.22 Å². The zero-order valence-electron chi connectivity index (χ0n) is 13.4. The number of carbonyl (C=O) groups is 1. The number of aromatic nitrogens is 1. The van der Waals surface area contributed by atoms with Crippen LogP contribution in [0.3, 0.4) is 0 Å². The molecule has 1 aliphatic rings. The molecule has 0 saturated carbocycles. The zero-order valence-corrected chi connectivity index (χ0v) is 14.3. The summed E-state index contributed by atoms with van der Waals surface area (Å²) < 4.78 is 16.6. The van der Waals surface area contributed by atoms with Gasteiger partial charge in [0, 0.05) is 16.9 Å². The molecule has 0 atom stereocenters. The lowest BCUT2D eigenvalue weighted by Crippen LogP contribution is -2.14. The van der Waals surface area contributed by atoms with E-state index >= 15 is 0 Å². The third-order valence-corrected chi connectivity index (χ3v) is 4.79. The molecular formula is C18H15NO5S. The van der Waals surface area contributed by atoms with E-state index in [9.17, 15) is 9.90 Å². The van der Waals surface area contributed by atoms with Crippen molar-refractivity contribution in [2.45, 2.75) is 24.5 Å². The summed E-state index contributed by atoms with van der Waals surface area (Å²) in [5.74, 6) is 0.211. The molecule has 0 fully saturated rings. The molecule has 6 nitrogen and oxygen atoms in total. The smallest absolute Gasteiger partial charge is 0.335 e. The standard InChI is InChI=1S/C18H15NO5S/c1-10-2-3-15-14(4-10)19-18(24-15)25-8-13-6-11(17(20)21)5-12-7-22-9-23-16(12)13/h2-6H,7-9H2,1H3,(H,20,21). The number of hydrogen-bond acceptors (Lipinski definition) is 6. The SMILES string of the molecule is Cc1ccc2oc(SCc3cc(C(=O)O)cc4c3OCOC4)nc2c1. The number of ether oxygens (including phenoxy) is 2. The van der Waals surface area contributed by atoms with Crippen LogP contribution in [0.5, 0.6) is 5.75 Å². The van der Waals surface area contributed by atoms with Crippen LogP contribution in [0.25, 0.3) is 11.1 Å². The maximum atomic E-state index is 11.3. The Hall–Kier alpha value is -2.51. The van der Waals surface area contributed by atoms with E-state index in [0.717, 1.165) is 27.8 Å². The van der Waals surface area contributed by atoms with Gasteiger partial charge in [-0.2, -0.15) is 0 Å². The fourth-order valence-electron chi connectivity index (χ4n) is 2.75. The number of carboxylic acid groups (broad SMARTS) is 1. The highest BCUT2D eigenvalue weighted by Crippen LogP contribution is 2.35. The van der Waals surface area contributed by atoms with Crippen molar-refractivity contribution >= 4 is 28.8 Å². The third-order valence-electron chi connectivity index (χ3n) is 3.91. The lowest BCUT2D eigenvalue weighted by atomic mass is 10.0. The second-order valence-electron chi connectivity index (χ2n) is 5.78. The first-order valence-electron chi connectivity index (χ1n) is 7.70. The average molecular weight is 357 g/mol. The van der Waals surface area contributed by atoms with E-state index in [4.69, 9.17) is 13.9 Å². The van der Waals surface area contributed by atoms with Crippen molar-refractivity contribution < 1.29 is 23.8 Å². The maximum Gasteiger partial charge on any atom is 0.335 e. The Kier molecular flexibility index (Phi) is 4.10. The largest absolute Gasteiger partial charge is 0.478 e. The van der Waals surface area contributed by atoms with Crippen LogP contribution in [0.4, 0.5) is 0 Å². The summed E-state index contributed by atoms with van der Waals surface area (Å²) in [6.07, 6.45) is 0. The molecule has 0 spiro atoms. The third kappa shape index (κ3) is 3.20. The van der Waals surface area contributed by atoms with Crippen LogP contribution in [0.2, 0.25) is 0 Å². The normalized spacial score (nSPS) is 13.5. The summed E-state index contributed by atoms with van der Waals surface area (Å²) in [6.45, 7) is 2.51. The molecule has 0 bridgehead atoms. The fraction of sp³-hybridized carbons (Fsp3) is 0.222. The molecule has 7 heteroatoms. The topological polar surface area (TPSA) is 81.8 Å². The van der Waals surface area contributed by atoms with Gasteiger partial charge in [0.05, 0.1) is 12.2 Å². The minimum absolute atomic E-state index is 0.166. The van der Waals surface area contributed by atoms with E-state index in [1.807, 2.05) is 25.1 Å². The van der Waals surface area contributed by atoms with E-state index in [2.05, 4.69) is 4.98 Å². The van der Waals surface area contributed by atoms with Gasteiger partial charge in [0.15, 0.2) is 12.4 Å². The highest BCUT2D eigenvalue weighted by molar-refractivity contribution is 7.98. The summed E-state index contributed by atoms with van der Waals surface area (Å²) in [7, 11) is 0. The Balaban J connectivity index is 1.62. The molecule has 25 heavy (non-hydrogen) atoms. The monoisotopic (exact) mass is 357 g/mol. The Morgan fingerprint density at radius 1 is 1.32 bits per heavy atom. The van der Waals surface area contributed by atoms with Gasteiger partial charge < -0.3 is 19.0 Å². The van der Waals surface area contributed by atoms with Gasteiger partial charge in [-0.1, -0.05) is 17.8 Å². The van der Waals surface area contributed by atoms with Gasteiger partial charge in [-0.3, -0.25) is 0 Å². The molecule has 0 unspecified atom stereocenters. The number of benzene rings is 2. The Morgan fingerprint density at radius 3 is 3.04 bits per heavy atom. The van der Waals surface area contributed by atoms with Crippen molar-refractivity contribution in [2.24, 2.45) is 0 Å². The summed E-state index contributed by atoms with van der Waals surface area (Å²) in [5.41, 5.74) is 4.43. The van der Waals surface area contributed by atoms with Crippen LogP contribution in [-0.4, -0.2) is 22.9 Å². The van der Waals surface area contributed by atoms with Crippen LogP contribution >= 0.6 is 11.8 Å². The van der Waals surface area contributed by atoms with Crippen molar-refractivity contribution in [1.82, 2.24) is 4.98 Å². The van der Waals surface area contributed by atoms with Gasteiger partial charge in [-0.05, 0) is 36.8 Å². The number of thioether (sulfide) groups is 1. The molecule has 1 aromatic heterocycles. The van der Waals surface area contributed by atoms with Crippen LogP contribution in [0, 0.1) is 6.92 Å². The van der Waals surface area contributed by atoms with E-state index in [1.165, 1.54) is 11.8 Å². The molecule has 3 aromatic rings. The molecule has 0 saturated heterocycles. The summed E-state index contributed by atoms with van der Waals surface area (Å²) in [5, 5.41) is 9.84. The number of oxazole rings is 1. The number of rotatable bonds is 4. The molecule has 2 aromatic carbocycles. The Bertz CT molecular complexity index is 965. The van der Waals surface area contributed by atoms with Crippen LogP contribution in [0.15, 0.2) is 40.0 Å². The van der Waals surface area contributed by atoms with E-state index in [0.29, 0.717) is 23.3 Å². The van der Waals surface area contributed by atoms with E-state index in [-0.39, 0.29) is 12.4 Å². The lowest BCUT2D eigenvalue weighted by molar-refractivity contribution is -0.0169. The number of nitrogens with zero attached hydrogens (tertiary/aromatic N) is 1. The van der Waals surface area contributed by atoms with Gasteiger partial charge >= 0.3 is 5.97 Å². The maximum absolute atomic E-state index is 11.3. The predicted molar refractivity (Wildman–Crippen MR) is 92.0 cm³/mol. The van der Waals surface area contributed by atoms with E-state index in [1.54, 1.807) is 12.1 Å². The molecule has 0 amide bonds. The van der Waals surface area contributed by atoms with Gasteiger partial charge in [0.2, 0.25) is 0 Å². The van der Waals surface area contributed by atoms with Gasteiger partial charge in [-0.15, -0.1) is 0 Å². The first kappa shape index (κ1) is 16.0. The number of aromatic carboxylic acids is 1. The molecule has 128 valence electrons. The number of aryl methyl sites for hydroxylation is 1. The first-order valence-corrected chi connectivity index (χ1v) is 8.68. The Labute approximate surface area is 147 Å². The van der Waals surface area contributed by atoms with Crippen molar-refractivity contribution in [3.63, 3.8) is 0 Å². The second kappa shape index (κ2) is 6.42. The highest BCUT2D eigenvalue weighted by atomic mass is 32.2. The van der Waals surface area contributed by atoms with E-state index < -0.39 is 5.97 Å². The molecule has 4 rings (SSSR count). The fourth-order valence-corrected chi connectivity index (χ4v) is 3.55. The van der Waals surface area contributed by atoms with Gasteiger partial charge in [0.1, 0.15) is 11.3 Å².